The molecule has 108 valence electrons. The highest BCUT2D eigenvalue weighted by Crippen LogP contribution is 2.23. The van der Waals surface area contributed by atoms with E-state index in [9.17, 15) is 4.79 Å². The summed E-state index contributed by atoms with van der Waals surface area (Å²) >= 11 is 0. The average Bonchev–Trinajstić information content (AvgIpc) is 3.03. The number of hydrogen-bond acceptors (Lipinski definition) is 5. The van der Waals surface area contributed by atoms with Crippen molar-refractivity contribution in [1.29, 1.82) is 10.5 Å². The average molecular weight is 292 g/mol. The predicted octanol–water partition coefficient (Wildman–Crippen LogP) is 2.61. The molecule has 0 unspecified atom stereocenters. The summed E-state index contributed by atoms with van der Waals surface area (Å²) in [5.41, 5.74) is 0.582. The molecule has 1 amide bonds. The van der Waals surface area contributed by atoms with Crippen molar-refractivity contribution in [2.75, 3.05) is 13.1 Å². The summed E-state index contributed by atoms with van der Waals surface area (Å²) in [4.78, 5) is 12.1. The highest BCUT2D eigenvalue weighted by molar-refractivity contribution is 5.85. The maximum Gasteiger partial charge on any atom is 0.434 e. The van der Waals surface area contributed by atoms with E-state index in [0.29, 0.717) is 24.4 Å². The third kappa shape index (κ3) is 2.50. The Hall–Kier alpha value is -3.25. The molecular formula is C16H12N4O2. The van der Waals surface area contributed by atoms with E-state index in [2.05, 4.69) is 6.07 Å². The zero-order valence-corrected chi connectivity index (χ0v) is 11.7. The lowest BCUT2D eigenvalue weighted by Crippen LogP contribution is -2.40. The van der Waals surface area contributed by atoms with Gasteiger partial charge < -0.3 is 4.74 Å². The molecule has 1 fully saturated rings. The number of rotatable bonds is 1. The monoisotopic (exact) mass is 292 g/mol. The van der Waals surface area contributed by atoms with Gasteiger partial charge in [0, 0.05) is 6.54 Å². The van der Waals surface area contributed by atoms with Crippen LogP contribution in [0.4, 0.5) is 4.79 Å². The molecule has 0 saturated carbocycles. The molecule has 0 aliphatic carbocycles. The molecule has 0 radical (unpaired) electrons. The first-order valence-electron chi connectivity index (χ1n) is 6.82. The number of hydrogen-bond donors (Lipinski definition) is 0. The fourth-order valence-electron chi connectivity index (χ4n) is 2.42. The molecule has 22 heavy (non-hydrogen) atoms. The normalized spacial score (nSPS) is 13.7. The first-order chi connectivity index (χ1) is 10.7. The van der Waals surface area contributed by atoms with E-state index in [1.54, 1.807) is 30.3 Å². The van der Waals surface area contributed by atoms with Crippen LogP contribution in [0.1, 0.15) is 12.0 Å². The van der Waals surface area contributed by atoms with Crippen LogP contribution in [-0.4, -0.2) is 29.2 Å². The standard InChI is InChI=1S/C16H12N4O2/c17-10-12-2-3-14-9-15(5-4-13(14)8-12)22-16(21)20-7-1-6-19(20)11-18/h2-5,8-9H,1,6-7H2. The molecule has 2 aromatic rings. The van der Waals surface area contributed by atoms with Gasteiger partial charge in [0.15, 0.2) is 6.19 Å². The highest BCUT2D eigenvalue weighted by atomic mass is 16.6. The number of nitrogens with zero attached hydrogens (tertiary/aromatic N) is 4. The summed E-state index contributed by atoms with van der Waals surface area (Å²) < 4.78 is 5.32. The summed E-state index contributed by atoms with van der Waals surface area (Å²) in [6.45, 7) is 1.01. The van der Waals surface area contributed by atoms with E-state index in [1.807, 2.05) is 12.3 Å². The number of carbonyl (C=O) groups excluding carboxylic acids is 1. The zero-order chi connectivity index (χ0) is 15.5. The quantitative estimate of drug-likeness (QED) is 0.755. The second kappa shape index (κ2) is 5.63. The van der Waals surface area contributed by atoms with Crippen LogP contribution in [0.15, 0.2) is 36.4 Å². The molecule has 6 heteroatoms. The maximum absolute atomic E-state index is 12.1. The highest BCUT2D eigenvalue weighted by Gasteiger charge is 2.27. The Morgan fingerprint density at radius 3 is 2.64 bits per heavy atom. The molecule has 6 nitrogen and oxygen atoms in total. The maximum atomic E-state index is 12.1. The van der Waals surface area contributed by atoms with Gasteiger partial charge in [-0.3, -0.25) is 0 Å². The number of carbonyl (C=O) groups is 1. The van der Waals surface area contributed by atoms with E-state index < -0.39 is 6.09 Å². The molecule has 2 aromatic carbocycles. The van der Waals surface area contributed by atoms with Crippen LogP contribution in [0.5, 0.6) is 5.75 Å². The largest absolute Gasteiger partial charge is 0.434 e. The van der Waals surface area contributed by atoms with Crippen LogP contribution in [0, 0.1) is 22.8 Å². The summed E-state index contributed by atoms with van der Waals surface area (Å²) in [6.07, 6.45) is 2.14. The number of hydrazine groups is 1. The third-order valence-corrected chi connectivity index (χ3v) is 3.50. The fraction of sp³-hybridized carbons (Fsp3) is 0.188. The zero-order valence-electron chi connectivity index (χ0n) is 11.7. The van der Waals surface area contributed by atoms with Gasteiger partial charge in [-0.15, -0.1) is 0 Å². The van der Waals surface area contributed by atoms with Crippen LogP contribution in [0.2, 0.25) is 0 Å². The predicted molar refractivity (Wildman–Crippen MR) is 78.3 cm³/mol. The SMILES string of the molecule is N#Cc1ccc2cc(OC(=O)N3CCCN3C#N)ccc2c1. The molecule has 0 spiro atoms. The van der Waals surface area contributed by atoms with E-state index in [4.69, 9.17) is 15.3 Å². The van der Waals surface area contributed by atoms with E-state index >= 15 is 0 Å². The van der Waals surface area contributed by atoms with Crippen molar-refractivity contribution in [1.82, 2.24) is 10.0 Å². The Morgan fingerprint density at radius 2 is 1.86 bits per heavy atom. The minimum atomic E-state index is -0.563. The lowest BCUT2D eigenvalue weighted by molar-refractivity contribution is 0.0802. The Kier molecular flexibility index (Phi) is 3.51. The molecule has 3 rings (SSSR count). The molecule has 1 aliphatic heterocycles. The van der Waals surface area contributed by atoms with Crippen molar-refractivity contribution < 1.29 is 9.53 Å². The van der Waals surface area contributed by atoms with Gasteiger partial charge in [0.05, 0.1) is 18.2 Å². The Morgan fingerprint density at radius 1 is 1.09 bits per heavy atom. The lowest BCUT2D eigenvalue weighted by atomic mass is 10.1. The number of nitriles is 2. The van der Waals surface area contributed by atoms with Crippen LogP contribution < -0.4 is 4.74 Å². The second-order valence-electron chi connectivity index (χ2n) is 4.90. The molecule has 1 heterocycles. The molecular weight excluding hydrogens is 280 g/mol. The first-order valence-corrected chi connectivity index (χ1v) is 6.82. The van der Waals surface area contributed by atoms with Crippen LogP contribution in [0.3, 0.4) is 0 Å². The van der Waals surface area contributed by atoms with Gasteiger partial charge in [0.2, 0.25) is 0 Å². The number of ether oxygens (including phenoxy) is 1. The van der Waals surface area contributed by atoms with Gasteiger partial charge in [-0.25, -0.2) is 14.8 Å². The van der Waals surface area contributed by atoms with Crippen molar-refractivity contribution in [3.63, 3.8) is 0 Å². The Bertz CT molecular complexity index is 819. The van der Waals surface area contributed by atoms with Crippen LogP contribution >= 0.6 is 0 Å². The molecule has 1 aliphatic rings. The van der Waals surface area contributed by atoms with Gasteiger partial charge in [-0.05, 0) is 41.5 Å². The molecule has 0 bridgehead atoms. The van der Waals surface area contributed by atoms with E-state index in [0.717, 1.165) is 17.2 Å². The van der Waals surface area contributed by atoms with Gasteiger partial charge in [-0.2, -0.15) is 10.5 Å². The lowest BCUT2D eigenvalue weighted by Gasteiger charge is -2.21. The summed E-state index contributed by atoms with van der Waals surface area (Å²) in [5, 5.41) is 22.2. The first kappa shape index (κ1) is 13.7. The molecule has 0 aromatic heterocycles. The molecule has 0 atom stereocenters. The van der Waals surface area contributed by atoms with Gasteiger partial charge in [-0.1, -0.05) is 12.1 Å². The smallest absolute Gasteiger partial charge is 0.409 e. The van der Waals surface area contributed by atoms with Gasteiger partial charge >= 0.3 is 6.09 Å². The van der Waals surface area contributed by atoms with Crippen molar-refractivity contribution in [3.8, 4) is 18.0 Å². The van der Waals surface area contributed by atoms with Crippen molar-refractivity contribution in [2.45, 2.75) is 6.42 Å². The Balaban J connectivity index is 1.81. The van der Waals surface area contributed by atoms with Crippen molar-refractivity contribution in [3.05, 3.63) is 42.0 Å². The molecule has 1 saturated heterocycles. The number of amides is 1. The van der Waals surface area contributed by atoms with Crippen molar-refractivity contribution in [2.24, 2.45) is 0 Å². The minimum absolute atomic E-state index is 0.409. The van der Waals surface area contributed by atoms with Gasteiger partial charge in [0.1, 0.15) is 5.75 Å². The Labute approximate surface area is 127 Å². The summed E-state index contributed by atoms with van der Waals surface area (Å²) in [6, 6.07) is 12.6. The van der Waals surface area contributed by atoms with E-state index in [1.165, 1.54) is 10.0 Å². The van der Waals surface area contributed by atoms with Crippen LogP contribution in [0.25, 0.3) is 10.8 Å². The summed E-state index contributed by atoms with van der Waals surface area (Å²) in [7, 11) is 0. The van der Waals surface area contributed by atoms with Crippen LogP contribution in [-0.2, 0) is 0 Å². The third-order valence-electron chi connectivity index (χ3n) is 3.50. The fourth-order valence-corrected chi connectivity index (χ4v) is 2.42. The number of fused-ring (bicyclic) bond motifs is 1. The van der Waals surface area contributed by atoms with Crippen molar-refractivity contribution >= 4 is 16.9 Å². The second-order valence-corrected chi connectivity index (χ2v) is 4.90. The number of benzene rings is 2. The topological polar surface area (TPSA) is 80.4 Å². The van der Waals surface area contributed by atoms with Gasteiger partial charge in [0.25, 0.3) is 0 Å². The molecule has 0 N–H and O–H groups in total. The van der Waals surface area contributed by atoms with E-state index in [-0.39, 0.29) is 0 Å². The summed E-state index contributed by atoms with van der Waals surface area (Å²) in [5.74, 6) is 0.409. The minimum Gasteiger partial charge on any atom is -0.409 e.